The van der Waals surface area contributed by atoms with Crippen molar-refractivity contribution in [2.24, 2.45) is 39.6 Å². The third kappa shape index (κ3) is 4.07. The Morgan fingerprint density at radius 2 is 1.88 bits per heavy atom. The first-order valence-electron chi connectivity index (χ1n) is 19.4. The van der Waals surface area contributed by atoms with Gasteiger partial charge in [-0.25, -0.2) is 0 Å². The third-order valence-electron chi connectivity index (χ3n) is 15.7. The second-order valence-corrected chi connectivity index (χ2v) is 19.2. The van der Waals surface area contributed by atoms with Crippen LogP contribution >= 0.6 is 0 Å². The Morgan fingerprint density at radius 3 is 2.56 bits per heavy atom. The van der Waals surface area contributed by atoms with Crippen molar-refractivity contribution in [3.63, 3.8) is 0 Å². The molecule has 0 bridgehead atoms. The van der Waals surface area contributed by atoms with E-state index in [2.05, 4.69) is 115 Å². The van der Waals surface area contributed by atoms with E-state index in [-0.39, 0.29) is 57.1 Å². The van der Waals surface area contributed by atoms with Gasteiger partial charge in [-0.2, -0.15) is 0 Å². The van der Waals surface area contributed by atoms with Crippen molar-refractivity contribution in [2.75, 3.05) is 0 Å². The third-order valence-corrected chi connectivity index (χ3v) is 15.7. The van der Waals surface area contributed by atoms with Crippen LogP contribution < -0.4 is 0 Å². The van der Waals surface area contributed by atoms with Crippen LogP contribution in [0.5, 0.6) is 0 Å². The van der Waals surface area contributed by atoms with Crippen LogP contribution in [0, 0.1) is 34.5 Å². The van der Waals surface area contributed by atoms with E-state index in [1.54, 1.807) is 0 Å². The number of ether oxygens (including phenoxy) is 1. The zero-order valence-electron chi connectivity index (χ0n) is 32.4. The first-order valence-corrected chi connectivity index (χ1v) is 19.4. The number of aromatic nitrogens is 1. The Balaban J connectivity index is 1.34. The Kier molecular flexibility index (Phi) is 7.15. The lowest BCUT2D eigenvalue weighted by molar-refractivity contribution is -0.127. The van der Waals surface area contributed by atoms with Crippen molar-refractivity contribution >= 4 is 22.3 Å². The number of hydrogen-bond donors (Lipinski definition) is 0. The van der Waals surface area contributed by atoms with E-state index in [0.29, 0.717) is 17.8 Å². The molecule has 0 N–H and O–H groups in total. The Hall–Kier alpha value is -3.08. The number of rotatable bonds is 5. The molecule has 0 radical (unpaired) electrons. The fraction of sp³-hybridized carbons (Fsp3) is 0.659. The second kappa shape index (κ2) is 10.5. The molecule has 6 aliphatic rings. The highest BCUT2D eigenvalue weighted by atomic mass is 16.5. The van der Waals surface area contributed by atoms with E-state index in [0.717, 1.165) is 24.0 Å². The average Bonchev–Trinajstić information content (AvgIpc) is 3.68. The van der Waals surface area contributed by atoms with Crippen molar-refractivity contribution in [3.8, 4) is 0 Å². The highest BCUT2D eigenvalue weighted by molar-refractivity contribution is 6.18. The summed E-state index contributed by atoms with van der Waals surface area (Å²) in [5.41, 5.74) is 18.2. The molecule has 1 aromatic heterocycles. The molecule has 2 fully saturated rings. The van der Waals surface area contributed by atoms with Crippen molar-refractivity contribution in [2.45, 2.75) is 149 Å². The molecular weight excluding hydrogens is 617 g/mol. The van der Waals surface area contributed by atoms with Crippen LogP contribution in [0.1, 0.15) is 153 Å². The van der Waals surface area contributed by atoms with Crippen molar-refractivity contribution in [3.05, 3.63) is 74.8 Å². The minimum absolute atomic E-state index is 0.0341. The zero-order chi connectivity index (χ0) is 36.1. The fourth-order valence-electron chi connectivity index (χ4n) is 13.5. The summed E-state index contributed by atoms with van der Waals surface area (Å²) >= 11 is 0. The lowest BCUT2D eigenvalue weighted by Gasteiger charge is -2.65. The van der Waals surface area contributed by atoms with Crippen LogP contribution in [0.15, 0.2) is 41.6 Å². The molecule has 2 saturated carbocycles. The van der Waals surface area contributed by atoms with Gasteiger partial charge in [0.15, 0.2) is 5.78 Å². The van der Waals surface area contributed by atoms with E-state index in [1.165, 1.54) is 64.5 Å². The lowest BCUT2D eigenvalue weighted by atomic mass is 9.39. The monoisotopic (exact) mass is 674 g/mol. The van der Waals surface area contributed by atoms with Gasteiger partial charge in [-0.1, -0.05) is 71.0 Å². The van der Waals surface area contributed by atoms with Crippen LogP contribution in [-0.4, -0.2) is 27.6 Å². The van der Waals surface area contributed by atoms with Crippen LogP contribution in [0.3, 0.4) is 0 Å². The van der Waals surface area contributed by atoms with Gasteiger partial charge in [0.2, 0.25) is 0 Å². The molecule has 3 heterocycles. The standard InChI is InChI=1S/C44H58N4O2/c1-23(2)36-38(49)34-33-26(5)35-31(22-40(6,7)50-41(35,8)9)28(33)21-29-30-20-27-15-16-32-42(10,18-13-14-25(4)46-47-45)24(3)17-19-43(32,11)44(27,12)39(30)48(36)37(29)34/h13,18,21-22,24-27,32,35-36H,1,14-17,19-20H2,2-12H3/b18-13+/t24-,25?,26+,27?,32-,35?,36-,42+,43-,44+/m0/s1. The number of ketones is 1. The molecule has 6 nitrogen and oxygen atoms in total. The second-order valence-electron chi connectivity index (χ2n) is 19.2. The maximum atomic E-state index is 15.0. The molecule has 2 aliphatic heterocycles. The summed E-state index contributed by atoms with van der Waals surface area (Å²) in [4.78, 5) is 18.0. The van der Waals surface area contributed by atoms with Gasteiger partial charge in [-0.05, 0) is 148 Å². The van der Waals surface area contributed by atoms with Gasteiger partial charge in [-0.3, -0.25) is 4.79 Å². The van der Waals surface area contributed by atoms with Gasteiger partial charge < -0.3 is 9.30 Å². The summed E-state index contributed by atoms with van der Waals surface area (Å²) in [5.74, 6) is 2.23. The minimum Gasteiger partial charge on any atom is -0.365 e. The van der Waals surface area contributed by atoms with Gasteiger partial charge in [0.25, 0.3) is 0 Å². The number of fused-ring (bicyclic) bond motifs is 11. The normalized spacial score (nSPS) is 39.3. The maximum Gasteiger partial charge on any atom is 0.192 e. The van der Waals surface area contributed by atoms with Crippen molar-refractivity contribution < 1.29 is 9.53 Å². The molecule has 2 aromatic rings. The summed E-state index contributed by atoms with van der Waals surface area (Å²) in [6, 6.07) is 2.11. The number of azide groups is 1. The van der Waals surface area contributed by atoms with E-state index >= 15 is 4.79 Å². The summed E-state index contributed by atoms with van der Waals surface area (Å²) in [6.07, 6.45) is 13.8. The highest BCUT2D eigenvalue weighted by Gasteiger charge is 2.67. The summed E-state index contributed by atoms with van der Waals surface area (Å²) in [6.45, 7) is 29.9. The van der Waals surface area contributed by atoms with E-state index < -0.39 is 0 Å². The van der Waals surface area contributed by atoms with Gasteiger partial charge >= 0.3 is 0 Å². The number of carbonyl (C=O) groups excluding carboxylic acids is 1. The van der Waals surface area contributed by atoms with Crippen LogP contribution in [0.25, 0.3) is 26.9 Å². The smallest absolute Gasteiger partial charge is 0.192 e. The van der Waals surface area contributed by atoms with E-state index in [1.807, 2.05) is 6.92 Å². The number of hydrogen-bond acceptors (Lipinski definition) is 3. The Labute approximate surface area is 299 Å². The molecule has 6 heteroatoms. The number of nitrogens with zero attached hydrogens (tertiary/aromatic N) is 4. The number of benzene rings is 1. The number of allylic oxidation sites excluding steroid dienone is 2. The quantitative estimate of drug-likeness (QED) is 0.137. The summed E-state index contributed by atoms with van der Waals surface area (Å²) < 4.78 is 9.25. The van der Waals surface area contributed by atoms with Gasteiger partial charge in [0.05, 0.1) is 16.7 Å². The van der Waals surface area contributed by atoms with E-state index in [9.17, 15) is 0 Å². The topological polar surface area (TPSA) is 80.0 Å². The highest BCUT2D eigenvalue weighted by Crippen LogP contribution is 2.72. The fourth-order valence-corrected chi connectivity index (χ4v) is 13.5. The SMILES string of the molecule is C=C(C)[C@H]1C(=O)c2c3c(cc4c5c(n1c24)[C@@]1(C)C(CC[C@H]2[C@](C)(/C=C/CC(C)N=[N+]=[N-])[C@@H](C)CC[C@@]21C)C5)C1=CC(C)(C)OC(C)(C)C1[C@@H]3C. The molecule has 0 amide bonds. The molecule has 3 unspecified atom stereocenters. The molecule has 4 aliphatic carbocycles. The van der Waals surface area contributed by atoms with Crippen LogP contribution in [-0.2, 0) is 16.6 Å². The minimum atomic E-state index is -0.379. The largest absolute Gasteiger partial charge is 0.365 e. The molecule has 0 spiro atoms. The summed E-state index contributed by atoms with van der Waals surface area (Å²) in [7, 11) is 0. The molecule has 1 aromatic carbocycles. The van der Waals surface area contributed by atoms with Crippen LogP contribution in [0.2, 0.25) is 0 Å². The Bertz CT molecular complexity index is 1990. The molecule has 8 rings (SSSR count). The molecule has 10 atom stereocenters. The predicted molar refractivity (Wildman–Crippen MR) is 203 cm³/mol. The molecule has 50 heavy (non-hydrogen) atoms. The van der Waals surface area contributed by atoms with Gasteiger partial charge in [-0.15, -0.1) is 0 Å². The molecule has 0 saturated heterocycles. The van der Waals surface area contributed by atoms with Crippen LogP contribution in [0.4, 0.5) is 0 Å². The first kappa shape index (κ1) is 34.0. The van der Waals surface area contributed by atoms with Crippen molar-refractivity contribution in [1.29, 1.82) is 0 Å². The predicted octanol–water partition coefficient (Wildman–Crippen LogP) is 11.6. The zero-order valence-corrected chi connectivity index (χ0v) is 32.4. The summed E-state index contributed by atoms with van der Waals surface area (Å²) in [5, 5.41) is 5.26. The van der Waals surface area contributed by atoms with E-state index in [4.69, 9.17) is 10.3 Å². The first-order chi connectivity index (χ1) is 23.3. The number of carbonyl (C=O) groups is 1. The number of Topliss-reactive ketones (excluding diaryl/α,β-unsaturated/α-hetero) is 1. The van der Waals surface area contributed by atoms with Crippen molar-refractivity contribution in [1.82, 2.24) is 4.57 Å². The lowest BCUT2D eigenvalue weighted by Crippen LogP contribution is -2.60. The molecular formula is C44H58N4O2. The average molecular weight is 675 g/mol. The Morgan fingerprint density at radius 1 is 1.16 bits per heavy atom. The van der Waals surface area contributed by atoms with Gasteiger partial charge in [0, 0.05) is 38.9 Å². The maximum absolute atomic E-state index is 15.0. The van der Waals surface area contributed by atoms with Gasteiger partial charge in [0.1, 0.15) is 6.04 Å². The molecule has 266 valence electrons.